The van der Waals surface area contributed by atoms with Gasteiger partial charge in [-0.25, -0.2) is 0 Å². The first-order valence-corrected chi connectivity index (χ1v) is 6.64. The fourth-order valence-corrected chi connectivity index (χ4v) is 1.68. The van der Waals surface area contributed by atoms with Gasteiger partial charge in [0.15, 0.2) is 0 Å². The second-order valence-electron chi connectivity index (χ2n) is 4.85. The molecule has 18 heavy (non-hydrogen) atoms. The summed E-state index contributed by atoms with van der Waals surface area (Å²) in [5.74, 6) is 11.4. The molecule has 0 aliphatic carbocycles. The van der Waals surface area contributed by atoms with E-state index in [4.69, 9.17) is 0 Å². The van der Waals surface area contributed by atoms with Gasteiger partial charge < -0.3 is 10.2 Å². The molecule has 96 valence electrons. The van der Waals surface area contributed by atoms with Crippen molar-refractivity contribution in [3.05, 3.63) is 21.9 Å². The predicted octanol–water partition coefficient (Wildman–Crippen LogP) is 2.38. The molecule has 0 saturated carbocycles. The van der Waals surface area contributed by atoms with E-state index in [0.717, 1.165) is 9.75 Å². The molecule has 0 spiro atoms. The van der Waals surface area contributed by atoms with Crippen molar-refractivity contribution in [1.82, 2.24) is 0 Å². The zero-order chi connectivity index (χ0) is 13.8. The zero-order valence-electron chi connectivity index (χ0n) is 11.2. The Balaban J connectivity index is 2.84. The third-order valence-corrected chi connectivity index (χ3v) is 3.16. The van der Waals surface area contributed by atoms with Gasteiger partial charge in [-0.2, -0.15) is 0 Å². The summed E-state index contributed by atoms with van der Waals surface area (Å²) in [7, 11) is 0. The van der Waals surface area contributed by atoms with Crippen molar-refractivity contribution in [3.63, 3.8) is 0 Å². The summed E-state index contributed by atoms with van der Waals surface area (Å²) in [4.78, 5) is 1.72. The van der Waals surface area contributed by atoms with Gasteiger partial charge in [-0.1, -0.05) is 30.6 Å². The van der Waals surface area contributed by atoms with Crippen LogP contribution in [0.25, 0.3) is 0 Å². The van der Waals surface area contributed by atoms with Crippen LogP contribution in [-0.2, 0) is 0 Å². The quantitative estimate of drug-likeness (QED) is 0.763. The fraction of sp³-hybridized carbons (Fsp3) is 0.467. The summed E-state index contributed by atoms with van der Waals surface area (Å²) in [5, 5.41) is 19.3. The van der Waals surface area contributed by atoms with Gasteiger partial charge in [0.25, 0.3) is 0 Å². The van der Waals surface area contributed by atoms with Crippen LogP contribution in [-0.4, -0.2) is 21.4 Å². The van der Waals surface area contributed by atoms with Gasteiger partial charge in [0.1, 0.15) is 11.2 Å². The Morgan fingerprint density at radius 2 is 1.56 bits per heavy atom. The lowest BCUT2D eigenvalue weighted by molar-refractivity contribution is 0.118. The first-order valence-electron chi connectivity index (χ1n) is 5.83. The molecule has 0 aliphatic rings. The predicted molar refractivity (Wildman–Crippen MR) is 75.3 cm³/mol. The topological polar surface area (TPSA) is 40.5 Å². The highest BCUT2D eigenvalue weighted by atomic mass is 32.1. The van der Waals surface area contributed by atoms with E-state index < -0.39 is 11.2 Å². The van der Waals surface area contributed by atoms with Crippen molar-refractivity contribution in [1.29, 1.82) is 0 Å². The SMILES string of the molecule is CCC(C)(O)C#Cc1ccc(C#CC(C)(C)O)s1. The summed E-state index contributed by atoms with van der Waals surface area (Å²) in [6.07, 6.45) is 0.594. The lowest BCUT2D eigenvalue weighted by Gasteiger charge is -2.11. The molecule has 1 aromatic heterocycles. The molecule has 2 nitrogen and oxygen atoms in total. The Morgan fingerprint density at radius 3 is 2.00 bits per heavy atom. The van der Waals surface area contributed by atoms with Gasteiger partial charge >= 0.3 is 0 Å². The van der Waals surface area contributed by atoms with Crippen molar-refractivity contribution in [3.8, 4) is 23.7 Å². The number of hydrogen-bond donors (Lipinski definition) is 2. The molecule has 0 amide bonds. The van der Waals surface area contributed by atoms with Gasteiger partial charge in [0, 0.05) is 0 Å². The summed E-state index contributed by atoms with van der Waals surface area (Å²) in [5.41, 5.74) is -1.93. The molecule has 0 radical (unpaired) electrons. The number of hydrogen-bond acceptors (Lipinski definition) is 3. The largest absolute Gasteiger partial charge is 0.378 e. The normalized spacial score (nSPS) is 13.9. The Hall–Kier alpha value is -1.26. The highest BCUT2D eigenvalue weighted by molar-refractivity contribution is 7.13. The third kappa shape index (κ3) is 5.38. The van der Waals surface area contributed by atoms with Crippen LogP contribution in [0.2, 0.25) is 0 Å². The lowest BCUT2D eigenvalue weighted by Crippen LogP contribution is -2.19. The molecule has 1 atom stereocenters. The highest BCUT2D eigenvalue weighted by Gasteiger charge is 2.12. The van der Waals surface area contributed by atoms with Gasteiger partial charge in [-0.15, -0.1) is 11.3 Å². The molecule has 1 rings (SSSR count). The molecule has 0 saturated heterocycles. The Labute approximate surface area is 113 Å². The van der Waals surface area contributed by atoms with Crippen molar-refractivity contribution < 1.29 is 10.2 Å². The fourth-order valence-electron chi connectivity index (χ4n) is 0.971. The minimum Gasteiger partial charge on any atom is -0.378 e. The molecule has 1 unspecified atom stereocenters. The third-order valence-electron chi connectivity index (χ3n) is 2.24. The monoisotopic (exact) mass is 262 g/mol. The minimum absolute atomic E-state index is 0.594. The Morgan fingerprint density at radius 1 is 1.06 bits per heavy atom. The van der Waals surface area contributed by atoms with Crippen molar-refractivity contribution >= 4 is 11.3 Å². The maximum absolute atomic E-state index is 9.77. The minimum atomic E-state index is -0.984. The molecule has 3 heteroatoms. The van der Waals surface area contributed by atoms with E-state index in [-0.39, 0.29) is 0 Å². The number of rotatable bonds is 1. The van der Waals surface area contributed by atoms with E-state index in [0.29, 0.717) is 6.42 Å². The van der Waals surface area contributed by atoms with Crippen LogP contribution in [0.15, 0.2) is 12.1 Å². The summed E-state index contributed by atoms with van der Waals surface area (Å²) >= 11 is 1.46. The molecule has 0 aromatic carbocycles. The van der Waals surface area contributed by atoms with E-state index in [1.54, 1.807) is 20.8 Å². The standard InChI is InChI=1S/C15H18O2S/c1-5-15(4,17)11-9-13-7-6-12(18-13)8-10-14(2,3)16/h6-7,16-17H,5H2,1-4H3. The molecule has 1 aromatic rings. The molecular formula is C15H18O2S. The molecule has 2 N–H and O–H groups in total. The first kappa shape index (κ1) is 14.8. The second kappa shape index (κ2) is 5.59. The summed E-state index contributed by atoms with van der Waals surface area (Å²) in [6.45, 7) is 6.88. The van der Waals surface area contributed by atoms with E-state index in [2.05, 4.69) is 23.7 Å². The highest BCUT2D eigenvalue weighted by Crippen LogP contribution is 2.15. The van der Waals surface area contributed by atoms with Crippen LogP contribution in [0.4, 0.5) is 0 Å². The van der Waals surface area contributed by atoms with Crippen LogP contribution in [0.3, 0.4) is 0 Å². The second-order valence-corrected chi connectivity index (χ2v) is 5.93. The lowest BCUT2D eigenvalue weighted by atomic mass is 10.1. The summed E-state index contributed by atoms with van der Waals surface area (Å²) < 4.78 is 0. The van der Waals surface area contributed by atoms with Crippen LogP contribution < -0.4 is 0 Å². The van der Waals surface area contributed by atoms with Crippen LogP contribution in [0.5, 0.6) is 0 Å². The van der Waals surface area contributed by atoms with Crippen molar-refractivity contribution in [2.45, 2.75) is 45.3 Å². The van der Waals surface area contributed by atoms with E-state index in [1.165, 1.54) is 11.3 Å². The smallest absolute Gasteiger partial charge is 0.122 e. The van der Waals surface area contributed by atoms with E-state index in [9.17, 15) is 10.2 Å². The average Bonchev–Trinajstić information content (AvgIpc) is 2.71. The molecule has 0 bridgehead atoms. The number of thiophene rings is 1. The van der Waals surface area contributed by atoms with Gasteiger partial charge in [0.2, 0.25) is 0 Å². The van der Waals surface area contributed by atoms with Gasteiger partial charge in [-0.3, -0.25) is 0 Å². The summed E-state index contributed by atoms with van der Waals surface area (Å²) in [6, 6.07) is 3.74. The molecule has 1 heterocycles. The maximum atomic E-state index is 9.77. The van der Waals surface area contributed by atoms with Crippen LogP contribution >= 0.6 is 11.3 Å². The van der Waals surface area contributed by atoms with Crippen molar-refractivity contribution in [2.24, 2.45) is 0 Å². The first-order chi connectivity index (χ1) is 8.22. The molecule has 0 aliphatic heterocycles. The van der Waals surface area contributed by atoms with Gasteiger partial charge in [0.05, 0.1) is 9.75 Å². The molecule has 0 fully saturated rings. The van der Waals surface area contributed by atoms with E-state index >= 15 is 0 Å². The van der Waals surface area contributed by atoms with E-state index in [1.807, 2.05) is 19.1 Å². The molecular weight excluding hydrogens is 244 g/mol. The van der Waals surface area contributed by atoms with Crippen LogP contribution in [0, 0.1) is 23.7 Å². The Kier molecular flexibility index (Phi) is 4.59. The van der Waals surface area contributed by atoms with Crippen LogP contribution in [0.1, 0.15) is 43.9 Å². The Bertz CT molecular complexity index is 525. The van der Waals surface area contributed by atoms with Gasteiger partial charge in [-0.05, 0) is 39.3 Å². The zero-order valence-corrected chi connectivity index (χ0v) is 12.0. The number of aliphatic hydroxyl groups is 2. The maximum Gasteiger partial charge on any atom is 0.122 e. The average molecular weight is 262 g/mol. The van der Waals surface area contributed by atoms with Crippen molar-refractivity contribution in [2.75, 3.05) is 0 Å².